The highest BCUT2D eigenvalue weighted by Gasteiger charge is 2.25. The molecule has 0 radical (unpaired) electrons. The molecule has 12 aromatic heterocycles. The maximum Gasteiger partial charge on any atom is 0.0528 e. The third-order valence-corrected chi connectivity index (χ3v) is 32.5. The fourth-order valence-electron chi connectivity index (χ4n) is 12.0. The second-order valence-electron chi connectivity index (χ2n) is 23.4. The summed E-state index contributed by atoms with van der Waals surface area (Å²) in [5, 5.41) is 0. The summed E-state index contributed by atoms with van der Waals surface area (Å²) in [4.78, 5) is 31.7. The van der Waals surface area contributed by atoms with Gasteiger partial charge in [0.05, 0.1) is 19.5 Å². The lowest BCUT2D eigenvalue weighted by atomic mass is 10.0. The van der Waals surface area contributed by atoms with Crippen LogP contribution in [-0.4, -0.2) is 0 Å². The van der Waals surface area contributed by atoms with Crippen molar-refractivity contribution in [3.63, 3.8) is 0 Å². The van der Waals surface area contributed by atoms with Crippen molar-refractivity contribution in [2.45, 2.75) is 67.2 Å². The minimum atomic E-state index is 1.02. The van der Waals surface area contributed by atoms with E-state index in [-0.39, 0.29) is 0 Å². The molecule has 12 heteroatoms. The van der Waals surface area contributed by atoms with Crippen LogP contribution in [0.5, 0.6) is 0 Å². The minimum absolute atomic E-state index is 1.02. The second-order valence-corrected chi connectivity index (χ2v) is 36.7. The Bertz CT molecular complexity index is 4980. The van der Waals surface area contributed by atoms with Gasteiger partial charge in [0.25, 0.3) is 0 Å². The van der Waals surface area contributed by atoms with E-state index in [1.165, 1.54) is 184 Å². The Balaban J connectivity index is 0.702. The van der Waals surface area contributed by atoms with Gasteiger partial charge in [-0.05, 0) is 205 Å². The molecule has 0 aliphatic carbocycles. The zero-order valence-electron chi connectivity index (χ0n) is 52.5. The van der Waals surface area contributed by atoms with Gasteiger partial charge < -0.3 is 0 Å². The number of aryl methyl sites for hydroxylation is 6. The van der Waals surface area contributed by atoms with Crippen molar-refractivity contribution in [1.29, 1.82) is 0 Å². The molecule has 0 bridgehead atoms. The highest BCUT2D eigenvalue weighted by atomic mass is 32.1. The lowest BCUT2D eigenvalue weighted by Gasteiger charge is -2.04. The molecule has 0 nitrogen and oxygen atoms in total. The standard InChI is InChI=1S/C82H62S12/c1-7-49-13-21-53(22-14-49)57-43-75(69-29-11-47(5)83-69)91-79(57)71-39-35-65(87-71)61-31-33-63(85-61)67-37-41-73(89-67)81-59(55-25-17-51(9-3)18-26-55)45-77(93-81)78-46-60(56-27-19-52(10-4)20-28-56)82(94-78)74-42-38-68(90-74)64-34-32-62(86-64)66-36-40-72(88-66)80-58(54-23-15-50(8-2)16-24-54)44-76(92-80)70-30-12-48(6)84-70/h11-46H,7-10H2,1-6H3. The lowest BCUT2D eigenvalue weighted by Crippen LogP contribution is -1.81. The largest absolute Gasteiger partial charge is 0.140 e. The van der Waals surface area contributed by atoms with Crippen LogP contribution < -0.4 is 0 Å². The number of hydrogen-bond donors (Lipinski definition) is 0. The van der Waals surface area contributed by atoms with E-state index in [2.05, 4.69) is 260 Å². The van der Waals surface area contributed by atoms with E-state index in [1.807, 2.05) is 136 Å². The molecule has 0 unspecified atom stereocenters. The summed E-state index contributed by atoms with van der Waals surface area (Å²) in [5.74, 6) is 0. The van der Waals surface area contributed by atoms with E-state index in [0.29, 0.717) is 0 Å². The van der Waals surface area contributed by atoms with Crippen LogP contribution in [0.4, 0.5) is 0 Å². The molecular formula is C82H62S12. The molecular weight excluding hydrogens is 1370 g/mol. The Labute approximate surface area is 599 Å². The van der Waals surface area contributed by atoms with Gasteiger partial charge in [0.2, 0.25) is 0 Å². The maximum absolute atomic E-state index is 2.48. The van der Waals surface area contributed by atoms with Gasteiger partial charge in [-0.1, -0.05) is 125 Å². The van der Waals surface area contributed by atoms with E-state index < -0.39 is 0 Å². The van der Waals surface area contributed by atoms with Crippen LogP contribution >= 0.6 is 136 Å². The normalized spacial score (nSPS) is 11.7. The molecule has 0 amide bonds. The first-order chi connectivity index (χ1) is 46.1. The molecule has 0 aliphatic heterocycles. The third-order valence-electron chi connectivity index (χ3n) is 17.3. The van der Waals surface area contributed by atoms with E-state index in [0.717, 1.165) is 25.7 Å². The molecule has 0 saturated carbocycles. The Morgan fingerprint density at radius 2 is 0.362 bits per heavy atom. The predicted molar refractivity (Wildman–Crippen MR) is 429 cm³/mol. The molecule has 16 aromatic rings. The van der Waals surface area contributed by atoms with Gasteiger partial charge in [-0.25, -0.2) is 0 Å². The molecule has 12 heterocycles. The second kappa shape index (κ2) is 26.7. The van der Waals surface area contributed by atoms with E-state index in [9.17, 15) is 0 Å². The fourth-order valence-corrected chi connectivity index (χ4v) is 25.6. The van der Waals surface area contributed by atoms with Gasteiger partial charge in [0.15, 0.2) is 0 Å². The molecule has 0 spiro atoms. The van der Waals surface area contributed by atoms with Crippen LogP contribution in [0.1, 0.15) is 59.7 Å². The van der Waals surface area contributed by atoms with Crippen LogP contribution in [0.2, 0.25) is 0 Å². The lowest BCUT2D eigenvalue weighted by molar-refractivity contribution is 1.14. The summed E-state index contributed by atoms with van der Waals surface area (Å²) in [7, 11) is 0. The molecule has 0 saturated heterocycles. The summed E-state index contributed by atoms with van der Waals surface area (Å²) in [5.41, 5.74) is 15.8. The first-order valence-corrected chi connectivity index (χ1v) is 41.6. The van der Waals surface area contributed by atoms with E-state index in [1.54, 1.807) is 0 Å². The topological polar surface area (TPSA) is 0 Å². The summed E-state index contributed by atoms with van der Waals surface area (Å²) < 4.78 is 0. The monoisotopic (exact) mass is 1430 g/mol. The SMILES string of the molecule is CCc1ccc(-c2cc(-c3ccc(C)s3)sc2-c2ccc(-c3ccc(-c4ccc(-c5sc(-c6cc(-c7ccc(CC)cc7)c(-c7ccc(-c8ccc(-c9ccc(-c%10sc(-c%11ccc(C)s%11)cc%10-c%10ccc(CC)cc%10)s9)s8)s7)s6)cc5-c5ccc(CC)cc5)s4)s3)s2)cc1. The molecule has 94 heavy (non-hydrogen) atoms. The number of rotatable bonds is 19. The molecule has 0 fully saturated rings. The third kappa shape index (κ3) is 12.4. The Hall–Kier alpha value is -6.72. The maximum atomic E-state index is 2.48. The number of benzene rings is 4. The van der Waals surface area contributed by atoms with Gasteiger partial charge in [-0.3, -0.25) is 0 Å². The van der Waals surface area contributed by atoms with Crippen molar-refractivity contribution in [2.75, 3.05) is 0 Å². The molecule has 16 rings (SSSR count). The summed E-state index contributed by atoms with van der Waals surface area (Å²) in [6.45, 7) is 13.3. The molecule has 4 aromatic carbocycles. The van der Waals surface area contributed by atoms with Crippen molar-refractivity contribution in [3.8, 4) is 152 Å². The van der Waals surface area contributed by atoms with Gasteiger partial charge in [-0.2, -0.15) is 0 Å². The average molecular weight is 1430 g/mol. The highest BCUT2D eigenvalue weighted by Crippen LogP contribution is 2.55. The van der Waals surface area contributed by atoms with Gasteiger partial charge >= 0.3 is 0 Å². The van der Waals surface area contributed by atoms with Crippen molar-refractivity contribution in [1.82, 2.24) is 0 Å². The smallest absolute Gasteiger partial charge is 0.0528 e. The number of thiophene rings is 12. The van der Waals surface area contributed by atoms with Crippen LogP contribution in [0.3, 0.4) is 0 Å². The Morgan fingerprint density at radius 1 is 0.181 bits per heavy atom. The molecule has 0 N–H and O–H groups in total. The highest BCUT2D eigenvalue weighted by molar-refractivity contribution is 7.33. The van der Waals surface area contributed by atoms with Crippen molar-refractivity contribution in [3.05, 3.63) is 250 Å². The number of hydrogen-bond acceptors (Lipinski definition) is 12. The van der Waals surface area contributed by atoms with Gasteiger partial charge in [0.1, 0.15) is 0 Å². The quantitative estimate of drug-likeness (QED) is 0.0757. The van der Waals surface area contributed by atoms with E-state index >= 15 is 0 Å². The van der Waals surface area contributed by atoms with Crippen LogP contribution in [0, 0.1) is 13.8 Å². The minimum Gasteiger partial charge on any atom is -0.140 e. The summed E-state index contributed by atoms with van der Waals surface area (Å²) in [6.07, 6.45) is 4.11. The van der Waals surface area contributed by atoms with Crippen molar-refractivity contribution >= 4 is 136 Å². The fraction of sp³-hybridized carbons (Fsp3) is 0.122. The zero-order chi connectivity index (χ0) is 63.6. The van der Waals surface area contributed by atoms with E-state index in [4.69, 9.17) is 0 Å². The van der Waals surface area contributed by atoms with Crippen LogP contribution in [0.15, 0.2) is 218 Å². The van der Waals surface area contributed by atoms with Crippen LogP contribution in [0.25, 0.3) is 152 Å². The Morgan fingerprint density at radius 3 is 0.564 bits per heavy atom. The first-order valence-electron chi connectivity index (χ1n) is 31.8. The van der Waals surface area contributed by atoms with Gasteiger partial charge in [0, 0.05) is 120 Å². The van der Waals surface area contributed by atoms with Gasteiger partial charge in [-0.15, -0.1) is 136 Å². The summed E-state index contributed by atoms with van der Waals surface area (Å²) >= 11 is 23.0. The first kappa shape index (κ1) is 62.1. The van der Waals surface area contributed by atoms with Crippen LogP contribution in [-0.2, 0) is 25.7 Å². The van der Waals surface area contributed by atoms with Crippen molar-refractivity contribution < 1.29 is 0 Å². The molecule has 0 atom stereocenters. The zero-order valence-corrected chi connectivity index (χ0v) is 62.3. The summed E-state index contributed by atoms with van der Waals surface area (Å²) in [6, 6.07) is 84.1. The molecule has 462 valence electrons. The van der Waals surface area contributed by atoms with Crippen molar-refractivity contribution in [2.24, 2.45) is 0 Å². The molecule has 0 aliphatic rings. The predicted octanol–water partition coefficient (Wildman–Crippen LogP) is 30.3. The Kier molecular flexibility index (Phi) is 17.6. The average Bonchev–Trinajstić information content (AvgIpc) is 1.65.